The van der Waals surface area contributed by atoms with Gasteiger partial charge in [-0.3, -0.25) is 4.79 Å². The van der Waals surface area contributed by atoms with Crippen molar-refractivity contribution in [1.29, 1.82) is 0 Å². The van der Waals surface area contributed by atoms with Crippen LogP contribution in [0.5, 0.6) is 0 Å². The Labute approximate surface area is 123 Å². The summed E-state index contributed by atoms with van der Waals surface area (Å²) in [4.78, 5) is 18.8. The first kappa shape index (κ1) is 13.9. The van der Waals surface area contributed by atoms with Gasteiger partial charge < -0.3 is 13.8 Å². The molecule has 0 N–H and O–H groups in total. The molecule has 3 rings (SSSR count). The van der Waals surface area contributed by atoms with E-state index < -0.39 is 0 Å². The number of carbonyl (C=O) groups excluding carboxylic acids is 1. The maximum absolute atomic E-state index is 12.6. The summed E-state index contributed by atoms with van der Waals surface area (Å²) in [6.45, 7) is 6.84. The second-order valence-electron chi connectivity index (χ2n) is 5.59. The summed E-state index contributed by atoms with van der Waals surface area (Å²) in [5.41, 5.74) is 0.650. The van der Waals surface area contributed by atoms with Gasteiger partial charge in [-0.25, -0.2) is 0 Å². The lowest BCUT2D eigenvalue weighted by Crippen LogP contribution is -2.39. The third-order valence-corrected chi connectivity index (χ3v) is 3.89. The number of hydrogen-bond acceptors (Lipinski definition) is 5. The minimum atomic E-state index is 0.0225. The second kappa shape index (κ2) is 5.35. The van der Waals surface area contributed by atoms with E-state index in [0.29, 0.717) is 29.6 Å². The van der Waals surface area contributed by atoms with Crippen LogP contribution in [0, 0.1) is 20.8 Å². The van der Waals surface area contributed by atoms with Crippen LogP contribution in [0.2, 0.25) is 0 Å². The van der Waals surface area contributed by atoms with E-state index in [9.17, 15) is 4.79 Å². The van der Waals surface area contributed by atoms with Gasteiger partial charge in [-0.15, -0.1) is 0 Å². The molecule has 0 spiro atoms. The van der Waals surface area contributed by atoms with Gasteiger partial charge >= 0.3 is 0 Å². The van der Waals surface area contributed by atoms with Crippen molar-refractivity contribution in [2.75, 3.05) is 13.1 Å². The molecule has 2 aromatic rings. The molecule has 1 atom stereocenters. The zero-order chi connectivity index (χ0) is 15.0. The number of aryl methyl sites for hydroxylation is 3. The summed E-state index contributed by atoms with van der Waals surface area (Å²) >= 11 is 0. The molecule has 0 radical (unpaired) electrons. The molecule has 0 aliphatic carbocycles. The summed E-state index contributed by atoms with van der Waals surface area (Å²) in [6, 6.07) is 1.81. The molecule has 1 aliphatic heterocycles. The Hall–Kier alpha value is -2.11. The van der Waals surface area contributed by atoms with Crippen LogP contribution in [0.3, 0.4) is 0 Å². The highest BCUT2D eigenvalue weighted by Crippen LogP contribution is 2.27. The van der Waals surface area contributed by atoms with Gasteiger partial charge in [0.1, 0.15) is 11.5 Å². The van der Waals surface area contributed by atoms with E-state index in [-0.39, 0.29) is 11.8 Å². The number of carbonyl (C=O) groups is 1. The number of nitrogens with zero attached hydrogens (tertiary/aromatic N) is 3. The third kappa shape index (κ3) is 2.70. The average molecular weight is 289 g/mol. The molecule has 1 fully saturated rings. The van der Waals surface area contributed by atoms with Gasteiger partial charge in [0.25, 0.3) is 5.91 Å². The molecule has 112 valence electrons. The number of aromatic nitrogens is 2. The van der Waals surface area contributed by atoms with Crippen LogP contribution in [0.1, 0.15) is 52.4 Å². The minimum absolute atomic E-state index is 0.0225. The van der Waals surface area contributed by atoms with E-state index in [4.69, 9.17) is 8.94 Å². The van der Waals surface area contributed by atoms with Gasteiger partial charge in [-0.1, -0.05) is 5.16 Å². The number of likely N-dealkylation sites (tertiary alicyclic amines) is 1. The smallest absolute Gasteiger partial charge is 0.257 e. The molecule has 0 aromatic carbocycles. The van der Waals surface area contributed by atoms with Crippen molar-refractivity contribution >= 4 is 5.91 Å². The molecule has 2 aromatic heterocycles. The van der Waals surface area contributed by atoms with Crippen LogP contribution >= 0.6 is 0 Å². The molecular weight excluding hydrogens is 270 g/mol. The Morgan fingerprint density at radius 1 is 1.38 bits per heavy atom. The van der Waals surface area contributed by atoms with Crippen molar-refractivity contribution in [2.24, 2.45) is 0 Å². The first-order valence-corrected chi connectivity index (χ1v) is 7.21. The molecule has 1 amide bonds. The summed E-state index contributed by atoms with van der Waals surface area (Å²) in [5.74, 6) is 2.87. The van der Waals surface area contributed by atoms with E-state index >= 15 is 0 Å². The lowest BCUT2D eigenvalue weighted by molar-refractivity contribution is 0.0702. The fourth-order valence-corrected chi connectivity index (χ4v) is 2.87. The van der Waals surface area contributed by atoms with E-state index in [2.05, 4.69) is 10.1 Å². The normalized spacial score (nSPS) is 19.0. The van der Waals surface area contributed by atoms with Gasteiger partial charge in [0.15, 0.2) is 5.82 Å². The van der Waals surface area contributed by atoms with Gasteiger partial charge in [0.05, 0.1) is 5.56 Å². The monoisotopic (exact) mass is 289 g/mol. The van der Waals surface area contributed by atoms with Crippen LogP contribution in [-0.4, -0.2) is 34.0 Å². The number of hydrogen-bond donors (Lipinski definition) is 0. The van der Waals surface area contributed by atoms with Crippen LogP contribution in [0.4, 0.5) is 0 Å². The highest BCUT2D eigenvalue weighted by atomic mass is 16.5. The Morgan fingerprint density at radius 3 is 2.81 bits per heavy atom. The highest BCUT2D eigenvalue weighted by molar-refractivity contribution is 5.95. The first-order valence-electron chi connectivity index (χ1n) is 7.21. The Balaban J connectivity index is 1.77. The Bertz CT molecular complexity index is 659. The molecule has 3 heterocycles. The lowest BCUT2D eigenvalue weighted by Gasteiger charge is -2.31. The summed E-state index contributed by atoms with van der Waals surface area (Å²) in [6.07, 6.45) is 1.92. The zero-order valence-corrected chi connectivity index (χ0v) is 12.5. The van der Waals surface area contributed by atoms with Gasteiger partial charge in [-0.2, -0.15) is 4.98 Å². The van der Waals surface area contributed by atoms with E-state index in [0.717, 1.165) is 25.1 Å². The van der Waals surface area contributed by atoms with Crippen molar-refractivity contribution in [2.45, 2.75) is 39.5 Å². The summed E-state index contributed by atoms with van der Waals surface area (Å²) in [5, 5.41) is 3.99. The fraction of sp³-hybridized carbons (Fsp3) is 0.533. The Morgan fingerprint density at radius 2 is 2.19 bits per heavy atom. The molecule has 0 bridgehead atoms. The SMILES string of the molecule is Cc1cc(C(=O)N2CCCC(c3noc(C)n3)C2)c(C)o1. The van der Waals surface area contributed by atoms with Crippen molar-refractivity contribution in [3.63, 3.8) is 0 Å². The second-order valence-corrected chi connectivity index (χ2v) is 5.59. The number of amides is 1. The lowest BCUT2D eigenvalue weighted by atomic mass is 9.96. The predicted octanol–water partition coefficient (Wildman–Crippen LogP) is 2.61. The molecule has 21 heavy (non-hydrogen) atoms. The topological polar surface area (TPSA) is 72.4 Å². The van der Waals surface area contributed by atoms with Crippen LogP contribution in [-0.2, 0) is 0 Å². The molecule has 1 saturated heterocycles. The zero-order valence-electron chi connectivity index (χ0n) is 12.5. The number of furan rings is 1. The third-order valence-electron chi connectivity index (χ3n) is 3.89. The summed E-state index contributed by atoms with van der Waals surface area (Å²) < 4.78 is 10.5. The standard InChI is InChI=1S/C15H19N3O3/c1-9-7-13(10(2)20-9)15(19)18-6-4-5-12(8-18)14-16-11(3)21-17-14/h7,12H,4-6,8H2,1-3H3. The summed E-state index contributed by atoms with van der Waals surface area (Å²) in [7, 11) is 0. The van der Waals surface area contributed by atoms with Crippen molar-refractivity contribution < 1.29 is 13.7 Å². The van der Waals surface area contributed by atoms with Gasteiger partial charge in [0.2, 0.25) is 5.89 Å². The highest BCUT2D eigenvalue weighted by Gasteiger charge is 2.29. The quantitative estimate of drug-likeness (QED) is 0.849. The maximum atomic E-state index is 12.6. The molecule has 1 unspecified atom stereocenters. The molecular formula is C15H19N3O3. The number of rotatable bonds is 2. The van der Waals surface area contributed by atoms with E-state index in [1.54, 1.807) is 13.0 Å². The van der Waals surface area contributed by atoms with Crippen molar-refractivity contribution in [3.05, 3.63) is 34.9 Å². The largest absolute Gasteiger partial charge is 0.466 e. The Kier molecular flexibility index (Phi) is 3.53. The van der Waals surface area contributed by atoms with E-state index in [1.165, 1.54) is 0 Å². The molecule has 0 saturated carbocycles. The van der Waals surface area contributed by atoms with Gasteiger partial charge in [0, 0.05) is 25.9 Å². The van der Waals surface area contributed by atoms with Crippen LogP contribution in [0.15, 0.2) is 15.0 Å². The van der Waals surface area contributed by atoms with Gasteiger partial charge in [-0.05, 0) is 32.8 Å². The molecule has 6 heteroatoms. The van der Waals surface area contributed by atoms with Crippen LogP contribution in [0.25, 0.3) is 0 Å². The average Bonchev–Trinajstić information content (AvgIpc) is 3.04. The fourth-order valence-electron chi connectivity index (χ4n) is 2.87. The number of piperidine rings is 1. The maximum Gasteiger partial charge on any atom is 0.257 e. The van der Waals surface area contributed by atoms with E-state index in [1.807, 2.05) is 18.7 Å². The van der Waals surface area contributed by atoms with Crippen LogP contribution < -0.4 is 0 Å². The molecule has 6 nitrogen and oxygen atoms in total. The minimum Gasteiger partial charge on any atom is -0.466 e. The predicted molar refractivity (Wildman–Crippen MR) is 75.1 cm³/mol. The first-order chi connectivity index (χ1) is 10.0. The molecule has 1 aliphatic rings. The van der Waals surface area contributed by atoms with Crippen molar-refractivity contribution in [1.82, 2.24) is 15.0 Å². The van der Waals surface area contributed by atoms with Crippen molar-refractivity contribution in [3.8, 4) is 0 Å².